The lowest BCUT2D eigenvalue weighted by Gasteiger charge is -2.13. The monoisotopic (exact) mass is 275 g/mol. The van der Waals surface area contributed by atoms with Crippen LogP contribution in [-0.4, -0.2) is 9.97 Å². The molecule has 0 spiro atoms. The van der Waals surface area contributed by atoms with E-state index >= 15 is 0 Å². The number of hydrogen-bond acceptors (Lipinski definition) is 4. The number of rotatable bonds is 3. The van der Waals surface area contributed by atoms with E-state index in [1.165, 1.54) is 12.1 Å². The maximum atomic E-state index is 13.1. The molecule has 0 unspecified atom stereocenters. The van der Waals surface area contributed by atoms with Crippen molar-refractivity contribution in [1.82, 2.24) is 9.97 Å². The Kier molecular flexibility index (Phi) is 3.88. The molecule has 20 heavy (non-hydrogen) atoms. The molecule has 2 aromatic rings. The van der Waals surface area contributed by atoms with Gasteiger partial charge in [0.05, 0.1) is 5.56 Å². The number of anilines is 1. The number of aromatic nitrogens is 2. The van der Waals surface area contributed by atoms with Crippen molar-refractivity contribution in [2.24, 2.45) is 0 Å². The Labute approximate surface area is 117 Å². The second-order valence-corrected chi connectivity index (χ2v) is 5.06. The van der Waals surface area contributed by atoms with Gasteiger partial charge in [-0.15, -0.1) is 0 Å². The number of nitrogens with zero attached hydrogens (tertiary/aromatic N) is 2. The SMILES string of the molecule is Cc1cc(F)ccc1Oc1nc(C(C)C)nc(N)c1C. The number of nitrogens with two attached hydrogens (primary N) is 1. The van der Waals surface area contributed by atoms with Crippen molar-refractivity contribution in [2.45, 2.75) is 33.6 Å². The molecule has 106 valence electrons. The number of hydrogen-bond donors (Lipinski definition) is 1. The van der Waals surface area contributed by atoms with E-state index < -0.39 is 0 Å². The average molecular weight is 275 g/mol. The smallest absolute Gasteiger partial charge is 0.227 e. The fraction of sp³-hybridized carbons (Fsp3) is 0.333. The highest BCUT2D eigenvalue weighted by atomic mass is 19.1. The molecular formula is C15H18FN3O. The summed E-state index contributed by atoms with van der Waals surface area (Å²) in [6, 6.07) is 4.35. The molecular weight excluding hydrogens is 257 g/mol. The minimum absolute atomic E-state index is 0.148. The summed E-state index contributed by atoms with van der Waals surface area (Å²) < 4.78 is 18.9. The first-order valence-corrected chi connectivity index (χ1v) is 6.46. The Bertz CT molecular complexity index is 641. The molecule has 0 aliphatic heterocycles. The van der Waals surface area contributed by atoms with Crippen LogP contribution < -0.4 is 10.5 Å². The van der Waals surface area contributed by atoms with E-state index in [1.54, 1.807) is 19.9 Å². The van der Waals surface area contributed by atoms with Gasteiger partial charge in [-0.3, -0.25) is 0 Å². The van der Waals surface area contributed by atoms with Crippen LogP contribution in [0.25, 0.3) is 0 Å². The number of aryl methyl sites for hydroxylation is 1. The molecule has 2 N–H and O–H groups in total. The molecule has 2 rings (SSSR count). The maximum Gasteiger partial charge on any atom is 0.227 e. The Morgan fingerprint density at radius 3 is 2.50 bits per heavy atom. The van der Waals surface area contributed by atoms with Gasteiger partial charge >= 0.3 is 0 Å². The van der Waals surface area contributed by atoms with Gasteiger partial charge in [0.15, 0.2) is 0 Å². The predicted octanol–water partition coefficient (Wildman–Crippen LogP) is 3.73. The van der Waals surface area contributed by atoms with Crippen LogP contribution >= 0.6 is 0 Å². The number of ether oxygens (including phenoxy) is 1. The van der Waals surface area contributed by atoms with Crippen molar-refractivity contribution in [1.29, 1.82) is 0 Å². The maximum absolute atomic E-state index is 13.1. The van der Waals surface area contributed by atoms with Crippen LogP contribution in [0, 0.1) is 19.7 Å². The van der Waals surface area contributed by atoms with Gasteiger partial charge in [-0.2, -0.15) is 4.98 Å². The van der Waals surface area contributed by atoms with Crippen LogP contribution in [0.2, 0.25) is 0 Å². The van der Waals surface area contributed by atoms with E-state index in [1.807, 2.05) is 13.8 Å². The quantitative estimate of drug-likeness (QED) is 0.927. The molecule has 0 aliphatic rings. The summed E-state index contributed by atoms with van der Waals surface area (Å²) in [5.74, 6) is 1.85. The lowest BCUT2D eigenvalue weighted by atomic mass is 10.2. The Balaban J connectivity index is 2.42. The molecule has 0 radical (unpaired) electrons. The van der Waals surface area contributed by atoms with Crippen LogP contribution in [0.1, 0.15) is 36.7 Å². The van der Waals surface area contributed by atoms with E-state index in [4.69, 9.17) is 10.5 Å². The number of benzene rings is 1. The molecule has 0 saturated carbocycles. The zero-order chi connectivity index (χ0) is 14.9. The van der Waals surface area contributed by atoms with Crippen molar-refractivity contribution >= 4 is 5.82 Å². The molecule has 5 heteroatoms. The van der Waals surface area contributed by atoms with Gasteiger partial charge in [0.1, 0.15) is 23.2 Å². The van der Waals surface area contributed by atoms with Crippen LogP contribution in [0.4, 0.5) is 10.2 Å². The van der Waals surface area contributed by atoms with Crippen LogP contribution in [0.5, 0.6) is 11.6 Å². The standard InChI is InChI=1S/C15H18FN3O/c1-8(2)14-18-13(17)10(4)15(19-14)20-12-6-5-11(16)7-9(12)3/h5-8H,1-4H3,(H2,17,18,19). The summed E-state index contributed by atoms with van der Waals surface area (Å²) >= 11 is 0. The van der Waals surface area contributed by atoms with E-state index in [0.29, 0.717) is 34.4 Å². The Hall–Kier alpha value is -2.17. The fourth-order valence-corrected chi connectivity index (χ4v) is 1.72. The highest BCUT2D eigenvalue weighted by Crippen LogP contribution is 2.29. The third kappa shape index (κ3) is 2.87. The number of nitrogen functional groups attached to an aromatic ring is 1. The summed E-state index contributed by atoms with van der Waals surface area (Å²) in [6.07, 6.45) is 0. The molecule has 0 aliphatic carbocycles. The lowest BCUT2D eigenvalue weighted by molar-refractivity contribution is 0.448. The predicted molar refractivity (Wildman–Crippen MR) is 76.5 cm³/mol. The summed E-state index contributed by atoms with van der Waals surface area (Å²) in [7, 11) is 0. The van der Waals surface area contributed by atoms with E-state index in [2.05, 4.69) is 9.97 Å². The van der Waals surface area contributed by atoms with Crippen molar-refractivity contribution in [3.8, 4) is 11.6 Å². The van der Waals surface area contributed by atoms with Crippen LogP contribution in [0.3, 0.4) is 0 Å². The summed E-state index contributed by atoms with van der Waals surface area (Å²) in [6.45, 7) is 7.54. The van der Waals surface area contributed by atoms with Crippen LogP contribution in [0.15, 0.2) is 18.2 Å². The Morgan fingerprint density at radius 2 is 1.90 bits per heavy atom. The van der Waals surface area contributed by atoms with E-state index in [0.717, 1.165) is 0 Å². The molecule has 0 amide bonds. The minimum Gasteiger partial charge on any atom is -0.438 e. The normalized spacial score (nSPS) is 10.9. The Morgan fingerprint density at radius 1 is 1.20 bits per heavy atom. The van der Waals surface area contributed by atoms with Gasteiger partial charge < -0.3 is 10.5 Å². The molecule has 0 saturated heterocycles. The van der Waals surface area contributed by atoms with Gasteiger partial charge in [-0.1, -0.05) is 13.8 Å². The van der Waals surface area contributed by atoms with Gasteiger partial charge in [0, 0.05) is 5.92 Å². The highest BCUT2D eigenvalue weighted by molar-refractivity contribution is 5.47. The molecule has 1 heterocycles. The third-order valence-electron chi connectivity index (χ3n) is 3.02. The summed E-state index contributed by atoms with van der Waals surface area (Å²) in [4.78, 5) is 8.62. The first-order chi connectivity index (χ1) is 9.38. The number of halogens is 1. The van der Waals surface area contributed by atoms with Crippen LogP contribution in [-0.2, 0) is 0 Å². The molecule has 0 fully saturated rings. The lowest BCUT2D eigenvalue weighted by Crippen LogP contribution is -2.06. The van der Waals surface area contributed by atoms with Crippen molar-refractivity contribution < 1.29 is 9.13 Å². The zero-order valence-electron chi connectivity index (χ0n) is 12.1. The summed E-state index contributed by atoms with van der Waals surface area (Å²) in [5.41, 5.74) is 7.26. The van der Waals surface area contributed by atoms with Gasteiger partial charge in [-0.25, -0.2) is 9.37 Å². The second kappa shape index (κ2) is 5.45. The molecule has 0 bridgehead atoms. The van der Waals surface area contributed by atoms with Gasteiger partial charge in [0.2, 0.25) is 5.88 Å². The average Bonchev–Trinajstić information content (AvgIpc) is 2.37. The third-order valence-corrected chi connectivity index (χ3v) is 3.02. The summed E-state index contributed by atoms with van der Waals surface area (Å²) in [5, 5.41) is 0. The highest BCUT2D eigenvalue weighted by Gasteiger charge is 2.14. The zero-order valence-corrected chi connectivity index (χ0v) is 12.1. The minimum atomic E-state index is -0.295. The van der Waals surface area contributed by atoms with E-state index in [-0.39, 0.29) is 11.7 Å². The van der Waals surface area contributed by atoms with Crippen molar-refractivity contribution in [3.63, 3.8) is 0 Å². The first kappa shape index (κ1) is 14.2. The largest absolute Gasteiger partial charge is 0.438 e. The fourth-order valence-electron chi connectivity index (χ4n) is 1.72. The van der Waals surface area contributed by atoms with Crippen molar-refractivity contribution in [2.75, 3.05) is 5.73 Å². The molecule has 1 aromatic carbocycles. The molecule has 4 nitrogen and oxygen atoms in total. The van der Waals surface area contributed by atoms with E-state index in [9.17, 15) is 4.39 Å². The van der Waals surface area contributed by atoms with Gasteiger partial charge in [0.25, 0.3) is 0 Å². The molecule has 0 atom stereocenters. The topological polar surface area (TPSA) is 61.0 Å². The van der Waals surface area contributed by atoms with Gasteiger partial charge in [-0.05, 0) is 37.6 Å². The first-order valence-electron chi connectivity index (χ1n) is 6.46. The second-order valence-electron chi connectivity index (χ2n) is 5.06. The molecule has 1 aromatic heterocycles. The van der Waals surface area contributed by atoms with Crippen molar-refractivity contribution in [3.05, 3.63) is 41.0 Å².